The molecule has 0 aliphatic rings. The Morgan fingerprint density at radius 2 is 1.93 bits per heavy atom. The second-order valence-electron chi connectivity index (χ2n) is 7.20. The first-order valence-corrected chi connectivity index (χ1v) is 10.8. The Balaban J connectivity index is 1.96. The van der Waals surface area contributed by atoms with Crippen LogP contribution in [0.15, 0.2) is 41.4 Å². The maximum absolute atomic E-state index is 12.7. The minimum absolute atomic E-state index is 0.122. The Kier molecular flexibility index (Phi) is 7.18. The largest absolute Gasteiger partial charge is 0.380 e. The van der Waals surface area contributed by atoms with Gasteiger partial charge in [-0.1, -0.05) is 29.5 Å². The summed E-state index contributed by atoms with van der Waals surface area (Å²) >= 11 is 1.44. The van der Waals surface area contributed by atoms with Crippen molar-refractivity contribution < 1.29 is 14.3 Å². The van der Waals surface area contributed by atoms with Crippen LogP contribution in [-0.4, -0.2) is 29.6 Å². The summed E-state index contributed by atoms with van der Waals surface area (Å²) in [5.74, 6) is -0.305. The summed E-state index contributed by atoms with van der Waals surface area (Å²) in [6.45, 7) is 9.30. The van der Waals surface area contributed by atoms with Crippen LogP contribution in [0.4, 0.5) is 5.69 Å². The molecule has 1 heterocycles. The average molecular weight is 426 g/mol. The van der Waals surface area contributed by atoms with Gasteiger partial charge in [-0.3, -0.25) is 9.59 Å². The smallest absolute Gasteiger partial charge is 0.252 e. The van der Waals surface area contributed by atoms with E-state index in [1.165, 1.54) is 29.4 Å². The number of aryl methyl sites for hydroxylation is 2. The molecule has 0 spiro atoms. The summed E-state index contributed by atoms with van der Waals surface area (Å²) in [4.78, 5) is 29.1. The predicted octanol–water partition coefficient (Wildman–Crippen LogP) is 3.98. The first-order chi connectivity index (χ1) is 14.4. The lowest BCUT2D eigenvalue weighted by Crippen LogP contribution is -2.20. The number of nitrogens with one attached hydrogen (secondary N) is 1. The molecule has 1 aromatic heterocycles. The number of hydrogen-bond donors (Lipinski definition) is 1. The zero-order chi connectivity index (χ0) is 21.7. The number of carbonyl (C=O) groups excluding carboxylic acids is 2. The van der Waals surface area contributed by atoms with Crippen LogP contribution in [0.25, 0.3) is 10.2 Å². The summed E-state index contributed by atoms with van der Waals surface area (Å²) < 4.78 is 8.47. The van der Waals surface area contributed by atoms with Crippen molar-refractivity contribution in [1.29, 1.82) is 0 Å². The third kappa shape index (κ3) is 5.43. The Bertz CT molecular complexity index is 1140. The third-order valence-electron chi connectivity index (χ3n) is 4.81. The molecule has 158 valence electrons. The molecule has 0 fully saturated rings. The second-order valence-corrected chi connectivity index (χ2v) is 8.21. The van der Waals surface area contributed by atoms with Crippen LogP contribution in [0.5, 0.6) is 0 Å². The summed E-state index contributed by atoms with van der Waals surface area (Å²) in [6.07, 6.45) is 0.262. The number of ether oxygens (including phenoxy) is 1. The van der Waals surface area contributed by atoms with Crippen LogP contribution in [-0.2, 0) is 27.3 Å². The number of thiazole rings is 1. The number of anilines is 1. The zero-order valence-corrected chi connectivity index (χ0v) is 18.6. The molecule has 30 heavy (non-hydrogen) atoms. The van der Waals surface area contributed by atoms with E-state index in [2.05, 4.69) is 17.2 Å². The molecule has 2 aromatic carbocycles. The maximum Gasteiger partial charge on any atom is 0.252 e. The number of amides is 2. The predicted molar refractivity (Wildman–Crippen MR) is 121 cm³/mol. The minimum atomic E-state index is -0.183. The molecule has 0 aliphatic heterocycles. The van der Waals surface area contributed by atoms with E-state index in [-0.39, 0.29) is 18.2 Å². The van der Waals surface area contributed by atoms with E-state index in [4.69, 9.17) is 4.74 Å². The van der Waals surface area contributed by atoms with E-state index >= 15 is 0 Å². The van der Waals surface area contributed by atoms with Crippen LogP contribution in [0.2, 0.25) is 0 Å². The minimum Gasteiger partial charge on any atom is -0.380 e. The van der Waals surface area contributed by atoms with Crippen molar-refractivity contribution in [3.63, 3.8) is 0 Å². The van der Waals surface area contributed by atoms with Gasteiger partial charge in [0.1, 0.15) is 0 Å². The number of benzene rings is 2. The zero-order valence-electron chi connectivity index (χ0n) is 17.8. The molecule has 0 bridgehead atoms. The molecule has 1 N–H and O–H groups in total. The van der Waals surface area contributed by atoms with Gasteiger partial charge in [0.05, 0.1) is 23.2 Å². The SMILES string of the molecule is CCOCCn1c(=NC(=O)Cc2ccc(C)c(C)c2)sc2cc(NC(C)=O)ccc21. The quantitative estimate of drug-likeness (QED) is 0.582. The number of nitrogens with zero attached hydrogens (tertiary/aromatic N) is 2. The van der Waals surface area contributed by atoms with Gasteiger partial charge in [0.25, 0.3) is 5.91 Å². The van der Waals surface area contributed by atoms with E-state index in [1.807, 2.05) is 54.8 Å². The molecule has 0 aliphatic carbocycles. The number of hydrogen-bond acceptors (Lipinski definition) is 4. The summed E-state index contributed by atoms with van der Waals surface area (Å²) in [6, 6.07) is 11.7. The fraction of sp³-hybridized carbons (Fsp3) is 0.348. The van der Waals surface area contributed by atoms with E-state index in [9.17, 15) is 9.59 Å². The van der Waals surface area contributed by atoms with Gasteiger partial charge in [0, 0.05) is 25.8 Å². The van der Waals surface area contributed by atoms with Crippen molar-refractivity contribution in [2.24, 2.45) is 4.99 Å². The van der Waals surface area contributed by atoms with E-state index < -0.39 is 0 Å². The van der Waals surface area contributed by atoms with Gasteiger partial charge in [-0.15, -0.1) is 0 Å². The number of carbonyl (C=O) groups is 2. The van der Waals surface area contributed by atoms with Crippen LogP contribution < -0.4 is 10.1 Å². The summed E-state index contributed by atoms with van der Waals surface area (Å²) in [7, 11) is 0. The highest BCUT2D eigenvalue weighted by Gasteiger charge is 2.10. The highest BCUT2D eigenvalue weighted by atomic mass is 32.1. The number of rotatable bonds is 7. The van der Waals surface area contributed by atoms with Gasteiger partial charge in [-0.2, -0.15) is 4.99 Å². The van der Waals surface area contributed by atoms with Crippen molar-refractivity contribution in [3.8, 4) is 0 Å². The van der Waals surface area contributed by atoms with Crippen LogP contribution in [0.3, 0.4) is 0 Å². The van der Waals surface area contributed by atoms with Crippen molar-refractivity contribution in [2.45, 2.75) is 40.7 Å². The third-order valence-corrected chi connectivity index (χ3v) is 5.85. The molecule has 0 radical (unpaired) electrons. The van der Waals surface area contributed by atoms with E-state index in [0.717, 1.165) is 21.5 Å². The molecule has 6 nitrogen and oxygen atoms in total. The van der Waals surface area contributed by atoms with Gasteiger partial charge in [0.15, 0.2) is 4.80 Å². The first kappa shape index (κ1) is 21.9. The summed E-state index contributed by atoms with van der Waals surface area (Å²) in [5, 5.41) is 2.80. The molecule has 3 rings (SSSR count). The highest BCUT2D eigenvalue weighted by molar-refractivity contribution is 7.16. The second kappa shape index (κ2) is 9.82. The molecule has 0 saturated heterocycles. The van der Waals surface area contributed by atoms with Crippen LogP contribution in [0, 0.1) is 13.8 Å². The highest BCUT2D eigenvalue weighted by Crippen LogP contribution is 2.22. The molecule has 3 aromatic rings. The lowest BCUT2D eigenvalue weighted by Gasteiger charge is -2.07. The lowest BCUT2D eigenvalue weighted by atomic mass is 10.0. The number of aromatic nitrogens is 1. The average Bonchev–Trinajstić information content (AvgIpc) is 3.00. The van der Waals surface area contributed by atoms with Crippen molar-refractivity contribution in [1.82, 2.24) is 4.57 Å². The van der Waals surface area contributed by atoms with Crippen LogP contribution in [0.1, 0.15) is 30.5 Å². The first-order valence-electron chi connectivity index (χ1n) is 9.99. The number of fused-ring (bicyclic) bond motifs is 1. The molecule has 0 unspecified atom stereocenters. The Labute approximate surface area is 180 Å². The van der Waals surface area contributed by atoms with Crippen molar-refractivity contribution in [2.75, 3.05) is 18.5 Å². The fourth-order valence-corrected chi connectivity index (χ4v) is 4.30. The van der Waals surface area contributed by atoms with Crippen LogP contribution >= 0.6 is 11.3 Å². The van der Waals surface area contributed by atoms with Crippen molar-refractivity contribution >= 4 is 39.1 Å². The van der Waals surface area contributed by atoms with Gasteiger partial charge in [-0.05, 0) is 55.7 Å². The summed E-state index contributed by atoms with van der Waals surface area (Å²) in [5.41, 5.74) is 5.02. The maximum atomic E-state index is 12.7. The monoisotopic (exact) mass is 425 g/mol. The van der Waals surface area contributed by atoms with E-state index in [1.54, 1.807) is 0 Å². The molecule has 7 heteroatoms. The topological polar surface area (TPSA) is 72.7 Å². The molecular formula is C23H27N3O3S. The van der Waals surface area contributed by atoms with Gasteiger partial charge < -0.3 is 14.6 Å². The van der Waals surface area contributed by atoms with Gasteiger partial charge in [0.2, 0.25) is 5.91 Å². The van der Waals surface area contributed by atoms with E-state index in [0.29, 0.717) is 24.6 Å². The molecular weight excluding hydrogens is 398 g/mol. The van der Waals surface area contributed by atoms with Crippen molar-refractivity contribution in [3.05, 3.63) is 57.9 Å². The molecule has 0 atom stereocenters. The Morgan fingerprint density at radius 3 is 2.63 bits per heavy atom. The molecule has 2 amide bonds. The fourth-order valence-electron chi connectivity index (χ4n) is 3.19. The standard InChI is InChI=1S/C23H27N3O3S/c1-5-29-11-10-26-20-9-8-19(24-17(4)27)14-21(20)30-23(26)25-22(28)13-18-7-6-15(2)16(3)12-18/h6-9,12,14H,5,10-11,13H2,1-4H3,(H,24,27). The molecule has 0 saturated carbocycles. The van der Waals surface area contributed by atoms with Gasteiger partial charge in [-0.25, -0.2) is 0 Å². The lowest BCUT2D eigenvalue weighted by molar-refractivity contribution is -0.117. The van der Waals surface area contributed by atoms with Gasteiger partial charge >= 0.3 is 0 Å². The Hall–Kier alpha value is -2.77. The normalized spacial score (nSPS) is 11.8. The Morgan fingerprint density at radius 1 is 1.13 bits per heavy atom.